The van der Waals surface area contributed by atoms with E-state index in [1.807, 2.05) is 6.92 Å². The van der Waals surface area contributed by atoms with Crippen LogP contribution in [-0.4, -0.2) is 14.8 Å². The number of rotatable bonds is 3. The molecular formula is C11H12ClFN4. The molecule has 0 amide bonds. The fraction of sp³-hybridized carbons (Fsp3) is 0.273. The number of aromatic nitrogens is 3. The van der Waals surface area contributed by atoms with Crippen LogP contribution in [0.15, 0.2) is 18.2 Å². The molecule has 0 spiro atoms. The molecule has 0 aliphatic heterocycles. The van der Waals surface area contributed by atoms with Crippen LogP contribution in [0.2, 0.25) is 5.02 Å². The van der Waals surface area contributed by atoms with Crippen LogP contribution < -0.4 is 5.32 Å². The average molecular weight is 255 g/mol. The molecule has 90 valence electrons. The van der Waals surface area contributed by atoms with Crippen molar-refractivity contribution in [1.82, 2.24) is 14.8 Å². The van der Waals surface area contributed by atoms with E-state index in [0.717, 1.165) is 5.56 Å². The van der Waals surface area contributed by atoms with Gasteiger partial charge in [0.25, 0.3) is 0 Å². The molecule has 2 aromatic rings. The van der Waals surface area contributed by atoms with E-state index < -0.39 is 0 Å². The van der Waals surface area contributed by atoms with Crippen molar-refractivity contribution in [2.24, 2.45) is 7.05 Å². The molecule has 4 nitrogen and oxygen atoms in total. The minimum absolute atomic E-state index is 0.340. The second-order valence-electron chi connectivity index (χ2n) is 3.70. The first-order valence-corrected chi connectivity index (χ1v) is 5.49. The highest BCUT2D eigenvalue weighted by Crippen LogP contribution is 2.18. The van der Waals surface area contributed by atoms with Gasteiger partial charge in [-0.3, -0.25) is 0 Å². The fourth-order valence-electron chi connectivity index (χ4n) is 1.51. The zero-order valence-electron chi connectivity index (χ0n) is 9.54. The molecule has 1 heterocycles. The highest BCUT2D eigenvalue weighted by Gasteiger charge is 2.05. The van der Waals surface area contributed by atoms with E-state index in [2.05, 4.69) is 15.4 Å². The Morgan fingerprint density at radius 2 is 2.24 bits per heavy atom. The Morgan fingerprint density at radius 3 is 2.82 bits per heavy atom. The van der Waals surface area contributed by atoms with Crippen LogP contribution in [-0.2, 0) is 13.6 Å². The second kappa shape index (κ2) is 4.71. The van der Waals surface area contributed by atoms with Gasteiger partial charge in [-0.15, -0.1) is 0 Å². The van der Waals surface area contributed by atoms with Gasteiger partial charge in [-0.25, -0.2) is 9.07 Å². The summed E-state index contributed by atoms with van der Waals surface area (Å²) in [6.45, 7) is 2.29. The number of nitrogens with zero attached hydrogens (tertiary/aromatic N) is 3. The molecule has 0 radical (unpaired) electrons. The van der Waals surface area contributed by atoms with Gasteiger partial charge in [0.1, 0.15) is 11.6 Å². The topological polar surface area (TPSA) is 42.7 Å². The van der Waals surface area contributed by atoms with Gasteiger partial charge < -0.3 is 5.32 Å². The summed E-state index contributed by atoms with van der Waals surface area (Å²) in [4.78, 5) is 4.20. The Bertz CT molecular complexity index is 538. The Balaban J connectivity index is 2.10. The summed E-state index contributed by atoms with van der Waals surface area (Å²) in [5.74, 6) is 1.01. The molecule has 1 aromatic carbocycles. The van der Waals surface area contributed by atoms with Gasteiger partial charge in [0.2, 0.25) is 5.95 Å². The van der Waals surface area contributed by atoms with Gasteiger partial charge in [-0.05, 0) is 24.6 Å². The molecule has 0 atom stereocenters. The number of hydrogen-bond donors (Lipinski definition) is 1. The zero-order chi connectivity index (χ0) is 12.4. The Kier molecular flexibility index (Phi) is 3.28. The average Bonchev–Trinajstić information content (AvgIpc) is 2.56. The second-order valence-corrected chi connectivity index (χ2v) is 4.10. The minimum atomic E-state index is -0.340. The van der Waals surface area contributed by atoms with Gasteiger partial charge in [0.15, 0.2) is 0 Å². The Hall–Kier alpha value is -1.62. The van der Waals surface area contributed by atoms with Gasteiger partial charge in [0, 0.05) is 18.6 Å². The summed E-state index contributed by atoms with van der Waals surface area (Å²) in [7, 11) is 1.80. The predicted molar refractivity (Wildman–Crippen MR) is 64.5 cm³/mol. The maximum Gasteiger partial charge on any atom is 0.221 e. The third-order valence-corrected chi connectivity index (χ3v) is 2.67. The predicted octanol–water partition coefficient (Wildman–Crippen LogP) is 2.53. The monoisotopic (exact) mass is 254 g/mol. The molecule has 1 N–H and O–H groups in total. The minimum Gasteiger partial charge on any atom is -0.350 e. The zero-order valence-corrected chi connectivity index (χ0v) is 10.3. The molecule has 0 aliphatic carbocycles. The normalized spacial score (nSPS) is 10.6. The van der Waals surface area contributed by atoms with Crippen LogP contribution in [0.25, 0.3) is 0 Å². The number of aryl methyl sites for hydroxylation is 2. The molecule has 0 unspecified atom stereocenters. The first kappa shape index (κ1) is 11.9. The summed E-state index contributed by atoms with van der Waals surface area (Å²) >= 11 is 5.92. The SMILES string of the molecule is Cc1nc(NCc2ccc(F)cc2Cl)n(C)n1. The molecule has 1 aromatic heterocycles. The van der Waals surface area contributed by atoms with E-state index in [1.54, 1.807) is 17.8 Å². The van der Waals surface area contributed by atoms with Crippen molar-refractivity contribution >= 4 is 17.5 Å². The largest absolute Gasteiger partial charge is 0.350 e. The highest BCUT2D eigenvalue weighted by atomic mass is 35.5. The van der Waals surface area contributed by atoms with Crippen molar-refractivity contribution in [3.8, 4) is 0 Å². The lowest BCUT2D eigenvalue weighted by atomic mass is 10.2. The lowest BCUT2D eigenvalue weighted by Gasteiger charge is -2.06. The number of halogens is 2. The van der Waals surface area contributed by atoms with Crippen LogP contribution in [0, 0.1) is 12.7 Å². The number of anilines is 1. The van der Waals surface area contributed by atoms with Crippen molar-refractivity contribution in [1.29, 1.82) is 0 Å². The molecule has 0 bridgehead atoms. The summed E-state index contributed by atoms with van der Waals surface area (Å²) in [6.07, 6.45) is 0. The van der Waals surface area contributed by atoms with Crippen LogP contribution in [0.5, 0.6) is 0 Å². The van der Waals surface area contributed by atoms with Gasteiger partial charge in [-0.2, -0.15) is 10.1 Å². The quantitative estimate of drug-likeness (QED) is 0.915. The van der Waals surface area contributed by atoms with E-state index in [9.17, 15) is 4.39 Å². The molecular weight excluding hydrogens is 243 g/mol. The summed E-state index contributed by atoms with van der Waals surface area (Å²) < 4.78 is 14.5. The molecule has 0 saturated carbocycles. The number of benzene rings is 1. The van der Waals surface area contributed by atoms with Gasteiger partial charge in [-0.1, -0.05) is 17.7 Å². The first-order valence-electron chi connectivity index (χ1n) is 5.11. The van der Waals surface area contributed by atoms with Crippen molar-refractivity contribution in [3.63, 3.8) is 0 Å². The van der Waals surface area contributed by atoms with Gasteiger partial charge in [0.05, 0.1) is 0 Å². The number of nitrogens with one attached hydrogen (secondary N) is 1. The van der Waals surface area contributed by atoms with E-state index >= 15 is 0 Å². The molecule has 17 heavy (non-hydrogen) atoms. The van der Waals surface area contributed by atoms with Crippen molar-refractivity contribution in [2.45, 2.75) is 13.5 Å². The van der Waals surface area contributed by atoms with Crippen molar-refractivity contribution in [2.75, 3.05) is 5.32 Å². The van der Waals surface area contributed by atoms with E-state index in [4.69, 9.17) is 11.6 Å². The Labute approximate surface area is 103 Å². The van der Waals surface area contributed by atoms with E-state index in [1.165, 1.54) is 12.1 Å². The fourth-order valence-corrected chi connectivity index (χ4v) is 1.74. The smallest absolute Gasteiger partial charge is 0.221 e. The first-order chi connectivity index (χ1) is 8.06. The highest BCUT2D eigenvalue weighted by molar-refractivity contribution is 6.31. The molecule has 0 saturated heterocycles. The van der Waals surface area contributed by atoms with Crippen LogP contribution in [0.4, 0.5) is 10.3 Å². The van der Waals surface area contributed by atoms with E-state index in [0.29, 0.717) is 23.3 Å². The lowest BCUT2D eigenvalue weighted by molar-refractivity contribution is 0.627. The van der Waals surface area contributed by atoms with Crippen LogP contribution in [0.1, 0.15) is 11.4 Å². The third-order valence-electron chi connectivity index (χ3n) is 2.32. The van der Waals surface area contributed by atoms with Crippen LogP contribution >= 0.6 is 11.6 Å². The lowest BCUT2D eigenvalue weighted by Crippen LogP contribution is -2.06. The number of hydrogen-bond acceptors (Lipinski definition) is 3. The maximum absolute atomic E-state index is 12.8. The third kappa shape index (κ3) is 2.74. The maximum atomic E-state index is 12.8. The molecule has 0 aliphatic rings. The summed E-state index contributed by atoms with van der Waals surface area (Å²) in [6, 6.07) is 4.32. The van der Waals surface area contributed by atoms with Crippen molar-refractivity contribution in [3.05, 3.63) is 40.4 Å². The summed E-state index contributed by atoms with van der Waals surface area (Å²) in [5.41, 5.74) is 0.814. The summed E-state index contributed by atoms with van der Waals surface area (Å²) in [5, 5.41) is 7.60. The molecule has 2 rings (SSSR count). The van der Waals surface area contributed by atoms with Gasteiger partial charge >= 0.3 is 0 Å². The Morgan fingerprint density at radius 1 is 1.47 bits per heavy atom. The van der Waals surface area contributed by atoms with E-state index in [-0.39, 0.29) is 5.82 Å². The molecule has 0 fully saturated rings. The standard InChI is InChI=1S/C11H12ClFN4/c1-7-15-11(17(2)16-7)14-6-8-3-4-9(13)5-10(8)12/h3-5H,6H2,1-2H3,(H,14,15,16). The molecule has 6 heteroatoms. The van der Waals surface area contributed by atoms with Crippen LogP contribution in [0.3, 0.4) is 0 Å². The van der Waals surface area contributed by atoms with Crippen molar-refractivity contribution < 1.29 is 4.39 Å².